The molecule has 0 spiro atoms. The molecule has 2 rings (SSSR count). The fraction of sp³-hybridized carbons (Fsp3) is 0.688. The molecule has 1 aromatic rings. The lowest BCUT2D eigenvalue weighted by Crippen LogP contribution is -2.36. The van der Waals surface area contributed by atoms with Gasteiger partial charge in [0.1, 0.15) is 0 Å². The Labute approximate surface area is 117 Å². The van der Waals surface area contributed by atoms with Crippen molar-refractivity contribution < 1.29 is 0 Å². The molecule has 1 aliphatic rings. The maximum Gasteiger partial charge on any atom is 0.0491 e. The van der Waals surface area contributed by atoms with Crippen LogP contribution in [0.3, 0.4) is 0 Å². The van der Waals surface area contributed by atoms with Gasteiger partial charge in [-0.2, -0.15) is 0 Å². The lowest BCUT2D eigenvalue weighted by molar-refractivity contribution is 0.219. The van der Waals surface area contributed by atoms with E-state index >= 15 is 0 Å². The lowest BCUT2D eigenvalue weighted by atomic mass is 9.75. The van der Waals surface area contributed by atoms with Crippen molar-refractivity contribution in [2.45, 2.75) is 58.4 Å². The van der Waals surface area contributed by atoms with Gasteiger partial charge in [-0.15, -0.1) is 0 Å². The molecule has 3 nitrogen and oxygen atoms in total. The Kier molecular flexibility index (Phi) is 5.34. The van der Waals surface area contributed by atoms with Crippen molar-refractivity contribution in [3.63, 3.8) is 0 Å². The van der Waals surface area contributed by atoms with E-state index in [9.17, 15) is 0 Å². The van der Waals surface area contributed by atoms with Gasteiger partial charge in [0.05, 0.1) is 0 Å². The second-order valence-electron chi connectivity index (χ2n) is 5.76. The molecule has 1 saturated carbocycles. The van der Waals surface area contributed by atoms with E-state index in [4.69, 9.17) is 5.84 Å². The normalized spacial score (nSPS) is 25.2. The summed E-state index contributed by atoms with van der Waals surface area (Å²) in [5, 5.41) is 0. The Morgan fingerprint density at radius 2 is 2.05 bits per heavy atom. The van der Waals surface area contributed by atoms with Gasteiger partial charge in [0, 0.05) is 18.4 Å². The Bertz CT molecular complexity index is 383. The number of hydrogen-bond acceptors (Lipinski definition) is 3. The molecule has 0 amide bonds. The van der Waals surface area contributed by atoms with Gasteiger partial charge in [0.15, 0.2) is 0 Å². The minimum absolute atomic E-state index is 0.288. The van der Waals surface area contributed by atoms with Crippen molar-refractivity contribution in [2.75, 3.05) is 0 Å². The van der Waals surface area contributed by atoms with Gasteiger partial charge in [0.2, 0.25) is 0 Å². The first-order chi connectivity index (χ1) is 9.30. The average molecular weight is 261 g/mol. The molecule has 1 aliphatic carbocycles. The van der Waals surface area contributed by atoms with Gasteiger partial charge in [-0.05, 0) is 48.3 Å². The molecular weight excluding hydrogens is 234 g/mol. The van der Waals surface area contributed by atoms with Crippen molar-refractivity contribution in [3.8, 4) is 0 Å². The standard InChI is InChI=1S/C16H27N3/c1-3-12-5-7-14(8-6-12)16(19-17)15-9-10-18-11-13(15)4-2/h9-12,14,16,19H,3-8,17H2,1-2H3. The molecule has 1 unspecified atom stereocenters. The summed E-state index contributed by atoms with van der Waals surface area (Å²) in [5.41, 5.74) is 5.74. The second-order valence-corrected chi connectivity index (χ2v) is 5.76. The predicted molar refractivity (Wildman–Crippen MR) is 79.4 cm³/mol. The van der Waals surface area contributed by atoms with Crippen molar-refractivity contribution in [1.29, 1.82) is 0 Å². The first-order valence-electron chi connectivity index (χ1n) is 7.69. The number of aromatic nitrogens is 1. The van der Waals surface area contributed by atoms with Crippen LogP contribution in [0.4, 0.5) is 0 Å². The number of nitrogens with one attached hydrogen (secondary N) is 1. The Balaban J connectivity index is 2.12. The number of pyridine rings is 1. The maximum absolute atomic E-state index is 5.86. The summed E-state index contributed by atoms with van der Waals surface area (Å²) in [4.78, 5) is 4.23. The van der Waals surface area contributed by atoms with Crippen LogP contribution >= 0.6 is 0 Å². The molecule has 1 fully saturated rings. The highest BCUT2D eigenvalue weighted by Gasteiger charge is 2.28. The zero-order chi connectivity index (χ0) is 13.7. The summed E-state index contributed by atoms with van der Waals surface area (Å²) < 4.78 is 0. The number of hydrazine groups is 1. The molecule has 106 valence electrons. The quantitative estimate of drug-likeness (QED) is 0.631. The molecule has 1 heterocycles. The molecular formula is C16H27N3. The minimum atomic E-state index is 0.288. The van der Waals surface area contributed by atoms with Gasteiger partial charge in [-0.25, -0.2) is 0 Å². The third kappa shape index (κ3) is 3.34. The Morgan fingerprint density at radius 3 is 2.63 bits per heavy atom. The van der Waals surface area contributed by atoms with E-state index in [1.165, 1.54) is 43.2 Å². The van der Waals surface area contributed by atoms with Crippen LogP contribution in [-0.4, -0.2) is 4.98 Å². The summed E-state index contributed by atoms with van der Waals surface area (Å²) in [6, 6.07) is 2.42. The fourth-order valence-corrected chi connectivity index (χ4v) is 3.45. The van der Waals surface area contributed by atoms with Crippen LogP contribution in [-0.2, 0) is 6.42 Å². The molecule has 3 N–H and O–H groups in total. The molecule has 1 aromatic heterocycles. The molecule has 1 atom stereocenters. The minimum Gasteiger partial charge on any atom is -0.271 e. The summed E-state index contributed by atoms with van der Waals surface area (Å²) in [6.45, 7) is 4.49. The highest BCUT2D eigenvalue weighted by molar-refractivity contribution is 5.27. The topological polar surface area (TPSA) is 50.9 Å². The molecule has 0 aromatic carbocycles. The third-order valence-electron chi connectivity index (χ3n) is 4.78. The van der Waals surface area contributed by atoms with Gasteiger partial charge >= 0.3 is 0 Å². The van der Waals surface area contributed by atoms with Crippen LogP contribution in [0.2, 0.25) is 0 Å². The van der Waals surface area contributed by atoms with Crippen LogP contribution in [0.5, 0.6) is 0 Å². The summed E-state index contributed by atoms with van der Waals surface area (Å²) in [6.07, 6.45) is 11.5. The third-order valence-corrected chi connectivity index (χ3v) is 4.78. The average Bonchev–Trinajstić information content (AvgIpc) is 2.49. The maximum atomic E-state index is 5.86. The predicted octanol–water partition coefficient (Wildman–Crippen LogP) is 3.36. The molecule has 0 aliphatic heterocycles. The SMILES string of the molecule is CCc1cnccc1C(NN)C1CCC(CC)CC1. The number of nitrogens with zero attached hydrogens (tertiary/aromatic N) is 1. The zero-order valence-corrected chi connectivity index (χ0v) is 12.2. The monoisotopic (exact) mass is 261 g/mol. The van der Waals surface area contributed by atoms with Gasteiger partial charge in [-0.3, -0.25) is 16.3 Å². The van der Waals surface area contributed by atoms with Crippen molar-refractivity contribution >= 4 is 0 Å². The van der Waals surface area contributed by atoms with Gasteiger partial charge in [0.25, 0.3) is 0 Å². The molecule has 3 heteroatoms. The van der Waals surface area contributed by atoms with Crippen LogP contribution in [0.1, 0.15) is 63.1 Å². The van der Waals surface area contributed by atoms with Crippen LogP contribution in [0.25, 0.3) is 0 Å². The smallest absolute Gasteiger partial charge is 0.0491 e. The molecule has 19 heavy (non-hydrogen) atoms. The van der Waals surface area contributed by atoms with E-state index < -0.39 is 0 Å². The molecule has 0 bridgehead atoms. The van der Waals surface area contributed by atoms with Crippen LogP contribution in [0, 0.1) is 11.8 Å². The molecule has 0 saturated heterocycles. The van der Waals surface area contributed by atoms with E-state index in [2.05, 4.69) is 30.3 Å². The Hall–Kier alpha value is -0.930. The highest BCUT2D eigenvalue weighted by atomic mass is 15.2. The van der Waals surface area contributed by atoms with E-state index in [1.54, 1.807) is 0 Å². The van der Waals surface area contributed by atoms with Crippen molar-refractivity contribution in [2.24, 2.45) is 17.7 Å². The summed E-state index contributed by atoms with van der Waals surface area (Å²) in [7, 11) is 0. The van der Waals surface area contributed by atoms with Crippen LogP contribution in [0.15, 0.2) is 18.5 Å². The van der Waals surface area contributed by atoms with E-state index in [0.717, 1.165) is 12.3 Å². The number of nitrogens with two attached hydrogens (primary N) is 1. The van der Waals surface area contributed by atoms with Crippen LogP contribution < -0.4 is 11.3 Å². The largest absolute Gasteiger partial charge is 0.271 e. The molecule has 0 radical (unpaired) electrons. The van der Waals surface area contributed by atoms with E-state index in [0.29, 0.717) is 5.92 Å². The first kappa shape index (κ1) is 14.5. The van der Waals surface area contributed by atoms with Crippen molar-refractivity contribution in [1.82, 2.24) is 10.4 Å². The number of hydrogen-bond donors (Lipinski definition) is 2. The van der Waals surface area contributed by atoms with Crippen molar-refractivity contribution in [3.05, 3.63) is 29.6 Å². The second kappa shape index (κ2) is 7.01. The zero-order valence-electron chi connectivity index (χ0n) is 12.2. The lowest BCUT2D eigenvalue weighted by Gasteiger charge is -2.34. The number of aryl methyl sites for hydroxylation is 1. The fourth-order valence-electron chi connectivity index (χ4n) is 3.45. The van der Waals surface area contributed by atoms with E-state index in [1.807, 2.05) is 12.4 Å². The highest BCUT2D eigenvalue weighted by Crippen LogP contribution is 2.38. The van der Waals surface area contributed by atoms with Gasteiger partial charge < -0.3 is 0 Å². The van der Waals surface area contributed by atoms with Gasteiger partial charge in [-0.1, -0.05) is 33.1 Å². The first-order valence-corrected chi connectivity index (χ1v) is 7.69. The van der Waals surface area contributed by atoms with E-state index in [-0.39, 0.29) is 6.04 Å². The summed E-state index contributed by atoms with van der Waals surface area (Å²) >= 11 is 0. The number of rotatable bonds is 5. The Morgan fingerprint density at radius 1 is 1.32 bits per heavy atom. The summed E-state index contributed by atoms with van der Waals surface area (Å²) in [5.74, 6) is 7.45.